The van der Waals surface area contributed by atoms with Crippen molar-refractivity contribution in [3.63, 3.8) is 0 Å². The zero-order valence-corrected chi connectivity index (χ0v) is 21.4. The molecule has 2 aromatic carbocycles. The summed E-state index contributed by atoms with van der Waals surface area (Å²) in [5.41, 5.74) is 8.19. The highest BCUT2D eigenvalue weighted by Crippen LogP contribution is 2.75. The zero-order chi connectivity index (χ0) is 24.2. The number of para-hydroxylation sites is 2. The topological polar surface area (TPSA) is 51.3 Å². The van der Waals surface area contributed by atoms with Gasteiger partial charge in [0.1, 0.15) is 5.66 Å². The van der Waals surface area contributed by atoms with Gasteiger partial charge in [-0.25, -0.2) is 0 Å². The Morgan fingerprint density at radius 1 is 1.09 bits per heavy atom. The van der Waals surface area contributed by atoms with Crippen LogP contribution in [0.3, 0.4) is 0 Å². The fraction of sp³-hybridized carbons (Fsp3) is 0.484. The van der Waals surface area contributed by atoms with Crippen molar-refractivity contribution in [2.24, 2.45) is 17.3 Å². The molecule has 0 amide bonds. The number of hydrogen-bond acceptors (Lipinski definition) is 3. The van der Waals surface area contributed by atoms with E-state index in [-0.39, 0.29) is 23.1 Å². The minimum atomic E-state index is -0.140. The number of rotatable bonds is 3. The van der Waals surface area contributed by atoms with Crippen molar-refractivity contribution < 1.29 is 5.11 Å². The van der Waals surface area contributed by atoms with E-state index in [9.17, 15) is 5.11 Å². The summed E-state index contributed by atoms with van der Waals surface area (Å²) in [6.45, 7) is 8.59. The van der Waals surface area contributed by atoms with Crippen LogP contribution in [0.4, 0.5) is 5.69 Å². The maximum absolute atomic E-state index is 10.2. The lowest BCUT2D eigenvalue weighted by Crippen LogP contribution is -2.59. The normalized spacial score (nSPS) is 34.8. The number of aromatic amines is 1. The number of aromatic nitrogens is 1. The lowest BCUT2D eigenvalue weighted by Gasteiger charge is -2.47. The van der Waals surface area contributed by atoms with Crippen LogP contribution in [0.1, 0.15) is 56.4 Å². The number of nitrogens with one attached hydrogen (secondary N) is 2. The minimum absolute atomic E-state index is 0.0306. The molecule has 2 fully saturated rings. The first-order valence-electron chi connectivity index (χ1n) is 13.3. The van der Waals surface area contributed by atoms with E-state index in [2.05, 4.69) is 97.6 Å². The van der Waals surface area contributed by atoms with Gasteiger partial charge in [0.05, 0.1) is 0 Å². The highest BCUT2D eigenvalue weighted by molar-refractivity contribution is 5.85. The Morgan fingerprint density at radius 3 is 2.69 bits per heavy atom. The van der Waals surface area contributed by atoms with Crippen molar-refractivity contribution in [2.75, 3.05) is 25.5 Å². The predicted molar refractivity (Wildman–Crippen MR) is 143 cm³/mol. The third-order valence-electron chi connectivity index (χ3n) is 10.2. The van der Waals surface area contributed by atoms with E-state index >= 15 is 0 Å². The van der Waals surface area contributed by atoms with Gasteiger partial charge in [-0.2, -0.15) is 0 Å². The maximum atomic E-state index is 10.2. The number of aliphatic hydroxyl groups is 1. The van der Waals surface area contributed by atoms with Gasteiger partial charge in [0, 0.05) is 52.7 Å². The number of likely N-dealkylation sites (tertiary alicyclic amines) is 1. The van der Waals surface area contributed by atoms with E-state index in [1.54, 1.807) is 0 Å². The molecule has 2 aliphatic carbocycles. The number of anilines is 1. The van der Waals surface area contributed by atoms with Gasteiger partial charge in [-0.3, -0.25) is 4.90 Å². The van der Waals surface area contributed by atoms with Gasteiger partial charge in [0.15, 0.2) is 0 Å². The minimum Gasteiger partial charge on any atom is -0.396 e. The average molecular weight is 468 g/mol. The number of fused-ring (bicyclic) bond motifs is 3. The Morgan fingerprint density at radius 2 is 1.86 bits per heavy atom. The van der Waals surface area contributed by atoms with Crippen LogP contribution in [0.2, 0.25) is 0 Å². The van der Waals surface area contributed by atoms with Crippen molar-refractivity contribution in [3.05, 3.63) is 77.0 Å². The SMILES string of the molecule is CC1=CC2C(C(c3[nH]c4ccccc4c3CCO)C34CCN(C)C23Nc2ccccc24)C(C)(C)C1. The molecule has 2 aliphatic heterocycles. The molecule has 3 N–H and O–H groups in total. The molecule has 35 heavy (non-hydrogen) atoms. The highest BCUT2D eigenvalue weighted by Gasteiger charge is 2.78. The van der Waals surface area contributed by atoms with Crippen LogP contribution in [0.25, 0.3) is 10.9 Å². The van der Waals surface area contributed by atoms with E-state index in [0.717, 1.165) is 19.4 Å². The molecule has 0 radical (unpaired) electrons. The largest absolute Gasteiger partial charge is 0.396 e. The predicted octanol–water partition coefficient (Wildman–Crippen LogP) is 5.80. The van der Waals surface area contributed by atoms with E-state index in [1.807, 2.05) is 0 Å². The zero-order valence-electron chi connectivity index (χ0n) is 21.4. The third kappa shape index (κ3) is 2.45. The van der Waals surface area contributed by atoms with Crippen LogP contribution < -0.4 is 5.32 Å². The van der Waals surface area contributed by atoms with Crippen molar-refractivity contribution in [1.29, 1.82) is 0 Å². The fourth-order valence-corrected chi connectivity index (χ4v) is 9.41. The first kappa shape index (κ1) is 21.7. The Balaban J connectivity index is 1.59. The van der Waals surface area contributed by atoms with Crippen molar-refractivity contribution >= 4 is 16.6 Å². The van der Waals surface area contributed by atoms with Crippen molar-refractivity contribution in [3.8, 4) is 0 Å². The molecule has 4 heteroatoms. The summed E-state index contributed by atoms with van der Waals surface area (Å²) < 4.78 is 0. The molecule has 1 saturated heterocycles. The van der Waals surface area contributed by atoms with Crippen LogP contribution in [-0.2, 0) is 11.8 Å². The summed E-state index contributed by atoms with van der Waals surface area (Å²) in [7, 11) is 2.34. The quantitative estimate of drug-likeness (QED) is 0.427. The lowest BCUT2D eigenvalue weighted by molar-refractivity contribution is 0.0869. The summed E-state index contributed by atoms with van der Waals surface area (Å²) >= 11 is 0. The molecule has 7 rings (SSSR count). The smallest absolute Gasteiger partial charge is 0.108 e. The molecule has 3 heterocycles. The van der Waals surface area contributed by atoms with E-state index in [0.29, 0.717) is 24.2 Å². The molecule has 1 saturated carbocycles. The summed E-state index contributed by atoms with van der Waals surface area (Å²) in [6.07, 6.45) is 5.59. The Bertz CT molecular complexity index is 1370. The van der Waals surface area contributed by atoms with Gasteiger partial charge in [-0.05, 0) is 67.8 Å². The fourth-order valence-electron chi connectivity index (χ4n) is 9.41. The molecule has 4 aliphatic rings. The van der Waals surface area contributed by atoms with Crippen molar-refractivity contribution in [2.45, 2.75) is 57.0 Å². The standard InChI is InChI=1S/C31H37N3O/c1-19-17-23-26(29(2,3)18-19)27(28-21(13-16-35)20-9-5-7-11-24(20)32-28)30-14-15-34(4)31(23,30)33-25-12-8-6-10-22(25)30/h5-12,17,23,26-27,32-33,35H,13-16,18H2,1-4H3. The van der Waals surface area contributed by atoms with Gasteiger partial charge in [0.2, 0.25) is 0 Å². The molecule has 0 spiro atoms. The number of hydrogen-bond donors (Lipinski definition) is 3. The first-order chi connectivity index (χ1) is 16.8. The van der Waals surface area contributed by atoms with Crippen LogP contribution in [0.5, 0.6) is 0 Å². The van der Waals surface area contributed by atoms with Crippen LogP contribution in [0.15, 0.2) is 60.2 Å². The Hall–Kier alpha value is -2.56. The summed E-state index contributed by atoms with van der Waals surface area (Å²) in [5, 5.41) is 15.6. The molecular formula is C31H37N3O. The second kappa shape index (κ2) is 7.02. The van der Waals surface area contributed by atoms with Crippen molar-refractivity contribution in [1.82, 2.24) is 9.88 Å². The lowest BCUT2D eigenvalue weighted by atomic mass is 9.59. The molecule has 4 nitrogen and oxygen atoms in total. The molecule has 182 valence electrons. The van der Waals surface area contributed by atoms with E-state index < -0.39 is 0 Å². The number of aliphatic hydroxyl groups excluding tert-OH is 1. The monoisotopic (exact) mass is 467 g/mol. The van der Waals surface area contributed by atoms with Crippen LogP contribution in [0, 0.1) is 17.3 Å². The van der Waals surface area contributed by atoms with E-state index in [4.69, 9.17) is 0 Å². The van der Waals surface area contributed by atoms with Crippen LogP contribution >= 0.6 is 0 Å². The first-order valence-corrected chi connectivity index (χ1v) is 13.3. The molecule has 0 bridgehead atoms. The third-order valence-corrected chi connectivity index (χ3v) is 10.2. The highest BCUT2D eigenvalue weighted by atomic mass is 16.3. The molecule has 5 atom stereocenters. The Kier molecular flexibility index (Phi) is 4.35. The Labute approximate surface area is 208 Å². The van der Waals surface area contributed by atoms with Crippen LogP contribution in [-0.4, -0.2) is 40.9 Å². The second-order valence-electron chi connectivity index (χ2n) is 12.3. The van der Waals surface area contributed by atoms with E-state index in [1.165, 1.54) is 39.0 Å². The molecule has 1 aromatic heterocycles. The number of likely N-dealkylation sites (N-methyl/N-ethyl adjacent to an activating group) is 1. The summed E-state index contributed by atoms with van der Waals surface area (Å²) in [4.78, 5) is 6.60. The van der Waals surface area contributed by atoms with Gasteiger partial charge in [0.25, 0.3) is 0 Å². The summed E-state index contributed by atoms with van der Waals surface area (Å²) in [6, 6.07) is 17.8. The molecule has 5 unspecified atom stereocenters. The van der Waals surface area contributed by atoms with Gasteiger partial charge >= 0.3 is 0 Å². The van der Waals surface area contributed by atoms with Gasteiger partial charge in [-0.1, -0.05) is 61.9 Å². The second-order valence-corrected chi connectivity index (χ2v) is 12.3. The number of allylic oxidation sites excluding steroid dienone is 1. The number of nitrogens with zero attached hydrogens (tertiary/aromatic N) is 1. The number of benzene rings is 2. The number of H-pyrrole nitrogens is 1. The average Bonchev–Trinajstić information content (AvgIpc) is 3.49. The summed E-state index contributed by atoms with van der Waals surface area (Å²) in [5.74, 6) is 1.23. The molecule has 3 aromatic rings. The van der Waals surface area contributed by atoms with Gasteiger partial charge in [-0.15, -0.1) is 0 Å². The van der Waals surface area contributed by atoms with Gasteiger partial charge < -0.3 is 15.4 Å². The molecular weight excluding hydrogens is 430 g/mol. The maximum Gasteiger partial charge on any atom is 0.108 e.